The minimum atomic E-state index is 0.448. The van der Waals surface area contributed by atoms with Gasteiger partial charge in [0, 0.05) is 43.1 Å². The highest BCUT2D eigenvalue weighted by molar-refractivity contribution is 7.15. The maximum atomic E-state index is 5.36. The van der Waals surface area contributed by atoms with Gasteiger partial charge in [-0.3, -0.25) is 4.98 Å². The highest BCUT2D eigenvalue weighted by Gasteiger charge is 2.10. The van der Waals surface area contributed by atoms with E-state index in [0.29, 0.717) is 5.92 Å². The van der Waals surface area contributed by atoms with Crippen molar-refractivity contribution >= 4 is 22.1 Å². The number of nitrogens with zero attached hydrogens (tertiary/aromatic N) is 2. The Morgan fingerprint density at radius 2 is 2.00 bits per heavy atom. The molecule has 0 saturated carbocycles. The number of pyridine rings is 1. The second-order valence-corrected chi connectivity index (χ2v) is 6.65. The third-order valence-corrected chi connectivity index (χ3v) is 5.00. The summed E-state index contributed by atoms with van der Waals surface area (Å²) in [6, 6.07) is 8.43. The van der Waals surface area contributed by atoms with E-state index in [1.807, 2.05) is 24.7 Å². The molecule has 1 saturated heterocycles. The zero-order valence-corrected chi connectivity index (χ0v) is 13.5. The van der Waals surface area contributed by atoms with E-state index in [-0.39, 0.29) is 0 Å². The van der Waals surface area contributed by atoms with Gasteiger partial charge in [0.05, 0.1) is 4.88 Å². The lowest BCUT2D eigenvalue weighted by atomic mass is 10.0. The molecule has 0 aliphatic carbocycles. The van der Waals surface area contributed by atoms with E-state index < -0.39 is 0 Å². The van der Waals surface area contributed by atoms with Crippen molar-refractivity contribution < 1.29 is 4.74 Å². The first kappa shape index (κ1) is 14.4. The van der Waals surface area contributed by atoms with Crippen molar-refractivity contribution in [2.24, 2.45) is 5.92 Å². The van der Waals surface area contributed by atoms with Gasteiger partial charge in [0.2, 0.25) is 0 Å². The summed E-state index contributed by atoms with van der Waals surface area (Å²) < 4.78 is 5.36. The van der Waals surface area contributed by atoms with Crippen LogP contribution in [0, 0.1) is 17.8 Å². The summed E-state index contributed by atoms with van der Waals surface area (Å²) in [5.41, 5.74) is 1.18. The van der Waals surface area contributed by atoms with E-state index in [4.69, 9.17) is 4.74 Å². The highest BCUT2D eigenvalue weighted by Crippen LogP contribution is 2.28. The molecular weight excluding hydrogens is 304 g/mol. The lowest BCUT2D eigenvalue weighted by Gasteiger charge is -2.16. The van der Waals surface area contributed by atoms with Crippen LogP contribution in [0.3, 0.4) is 0 Å². The number of benzene rings is 1. The Hall–Kier alpha value is -2.22. The molecule has 3 nitrogen and oxygen atoms in total. The lowest BCUT2D eigenvalue weighted by Crippen LogP contribution is -2.13. The molecule has 114 valence electrons. The summed E-state index contributed by atoms with van der Waals surface area (Å²) in [5.74, 6) is 7.02. The first-order valence-electron chi connectivity index (χ1n) is 7.78. The van der Waals surface area contributed by atoms with Crippen LogP contribution in [0.15, 0.2) is 42.9 Å². The molecule has 23 heavy (non-hydrogen) atoms. The third kappa shape index (κ3) is 3.26. The maximum Gasteiger partial charge on any atom is 0.167 e. The molecule has 1 fully saturated rings. The van der Waals surface area contributed by atoms with Crippen molar-refractivity contribution in [2.75, 3.05) is 13.2 Å². The molecular formula is C19H16N2OS. The van der Waals surface area contributed by atoms with Gasteiger partial charge in [0.1, 0.15) is 0 Å². The second-order valence-electron chi connectivity index (χ2n) is 5.62. The van der Waals surface area contributed by atoms with Crippen LogP contribution in [0.5, 0.6) is 0 Å². The molecule has 3 aromatic rings. The van der Waals surface area contributed by atoms with Crippen LogP contribution in [0.25, 0.3) is 21.2 Å². The van der Waals surface area contributed by atoms with Gasteiger partial charge < -0.3 is 4.74 Å². The molecule has 4 rings (SSSR count). The van der Waals surface area contributed by atoms with Gasteiger partial charge in [-0.25, -0.2) is 4.98 Å². The molecule has 1 aromatic carbocycles. The maximum absolute atomic E-state index is 5.36. The van der Waals surface area contributed by atoms with Crippen LogP contribution < -0.4 is 0 Å². The van der Waals surface area contributed by atoms with E-state index in [9.17, 15) is 0 Å². The summed E-state index contributed by atoms with van der Waals surface area (Å²) in [7, 11) is 0. The summed E-state index contributed by atoms with van der Waals surface area (Å²) >= 11 is 1.65. The van der Waals surface area contributed by atoms with Gasteiger partial charge in [-0.1, -0.05) is 18.1 Å². The van der Waals surface area contributed by atoms with Gasteiger partial charge in [-0.2, -0.15) is 0 Å². The largest absolute Gasteiger partial charge is 0.381 e. The number of rotatable bonds is 1. The Kier molecular flexibility index (Phi) is 4.06. The van der Waals surface area contributed by atoms with Gasteiger partial charge in [0.15, 0.2) is 5.01 Å². The van der Waals surface area contributed by atoms with Gasteiger partial charge in [-0.15, -0.1) is 11.3 Å². The van der Waals surface area contributed by atoms with Crippen molar-refractivity contribution in [3.05, 3.63) is 47.9 Å². The van der Waals surface area contributed by atoms with Crippen molar-refractivity contribution in [1.29, 1.82) is 0 Å². The Labute approximate surface area is 139 Å². The summed E-state index contributed by atoms with van der Waals surface area (Å²) in [5, 5.41) is 3.24. The van der Waals surface area contributed by atoms with E-state index in [1.54, 1.807) is 11.3 Å². The van der Waals surface area contributed by atoms with Crippen molar-refractivity contribution in [1.82, 2.24) is 9.97 Å². The fourth-order valence-electron chi connectivity index (χ4n) is 2.71. The Balaban J connectivity index is 1.58. The molecule has 2 aromatic heterocycles. The molecule has 0 N–H and O–H groups in total. The number of thiazole rings is 1. The van der Waals surface area contributed by atoms with Crippen LogP contribution in [0.2, 0.25) is 0 Å². The number of fused-ring (bicyclic) bond motifs is 1. The molecule has 0 spiro atoms. The summed E-state index contributed by atoms with van der Waals surface area (Å²) in [6.07, 6.45) is 7.69. The predicted molar refractivity (Wildman–Crippen MR) is 93.3 cm³/mol. The standard InChI is InChI=1S/C19H16N2OS/c1(14-6-9-22-10-7-14)4-19-21-13-18(23-19)16-2-3-17-12-20-8-5-15(17)11-16/h2-3,5,8,11-14H,6-7,9-10H2. The lowest BCUT2D eigenvalue weighted by molar-refractivity contribution is 0.0807. The van der Waals surface area contributed by atoms with Gasteiger partial charge in [0.25, 0.3) is 0 Å². The Morgan fingerprint density at radius 1 is 1.09 bits per heavy atom. The van der Waals surface area contributed by atoms with E-state index in [2.05, 4.69) is 40.0 Å². The second kappa shape index (κ2) is 6.49. The van der Waals surface area contributed by atoms with Crippen molar-refractivity contribution in [3.63, 3.8) is 0 Å². The summed E-state index contributed by atoms with van der Waals surface area (Å²) in [4.78, 5) is 9.76. The van der Waals surface area contributed by atoms with E-state index >= 15 is 0 Å². The molecule has 0 unspecified atom stereocenters. The fraction of sp³-hybridized carbons (Fsp3) is 0.263. The van der Waals surface area contributed by atoms with Gasteiger partial charge in [-0.05, 0) is 41.8 Å². The van der Waals surface area contributed by atoms with Gasteiger partial charge >= 0.3 is 0 Å². The molecule has 1 aliphatic rings. The number of hydrogen-bond donors (Lipinski definition) is 0. The van der Waals surface area contributed by atoms with Crippen LogP contribution in [-0.4, -0.2) is 23.2 Å². The molecule has 0 atom stereocenters. The normalized spacial score (nSPS) is 15.3. The third-order valence-electron chi connectivity index (χ3n) is 4.04. The van der Waals surface area contributed by atoms with E-state index in [0.717, 1.165) is 41.3 Å². The Morgan fingerprint density at radius 3 is 2.91 bits per heavy atom. The first-order valence-corrected chi connectivity index (χ1v) is 8.59. The number of ether oxygens (including phenoxy) is 1. The van der Waals surface area contributed by atoms with Crippen LogP contribution >= 0.6 is 11.3 Å². The molecule has 0 bridgehead atoms. The average Bonchev–Trinajstić information content (AvgIpc) is 3.09. The minimum absolute atomic E-state index is 0.448. The topological polar surface area (TPSA) is 35.0 Å². The first-order chi connectivity index (χ1) is 11.4. The number of aromatic nitrogens is 2. The summed E-state index contributed by atoms with van der Waals surface area (Å²) in [6.45, 7) is 1.66. The van der Waals surface area contributed by atoms with Crippen LogP contribution in [-0.2, 0) is 4.74 Å². The quantitative estimate of drug-likeness (QED) is 0.632. The SMILES string of the molecule is C(#CC1CCOCC1)c1ncc(-c2ccc3cnccc3c2)s1. The van der Waals surface area contributed by atoms with E-state index in [1.165, 1.54) is 10.9 Å². The van der Waals surface area contributed by atoms with Crippen LogP contribution in [0.4, 0.5) is 0 Å². The zero-order valence-electron chi connectivity index (χ0n) is 12.7. The Bertz CT molecular complexity index is 885. The van der Waals surface area contributed by atoms with Crippen LogP contribution in [0.1, 0.15) is 17.8 Å². The molecule has 0 radical (unpaired) electrons. The fourth-order valence-corrected chi connectivity index (χ4v) is 3.48. The van der Waals surface area contributed by atoms with Crippen molar-refractivity contribution in [2.45, 2.75) is 12.8 Å². The molecule has 4 heteroatoms. The smallest absolute Gasteiger partial charge is 0.167 e. The molecule has 0 amide bonds. The average molecular weight is 320 g/mol. The highest BCUT2D eigenvalue weighted by atomic mass is 32.1. The number of hydrogen-bond acceptors (Lipinski definition) is 4. The zero-order chi connectivity index (χ0) is 15.5. The predicted octanol–water partition coefficient (Wildman–Crippen LogP) is 4.14. The molecule has 1 aliphatic heterocycles. The minimum Gasteiger partial charge on any atom is -0.381 e. The monoisotopic (exact) mass is 320 g/mol. The molecule has 3 heterocycles. The van der Waals surface area contributed by atoms with Crippen molar-refractivity contribution in [3.8, 4) is 22.3 Å².